The molecule has 1 unspecified atom stereocenters. The summed E-state index contributed by atoms with van der Waals surface area (Å²) in [6.45, 7) is 7.28. The molecule has 3 aromatic rings. The number of halogens is 3. The van der Waals surface area contributed by atoms with Crippen molar-refractivity contribution < 1.29 is 27.8 Å². The molecule has 1 saturated heterocycles. The highest BCUT2D eigenvalue weighted by Crippen LogP contribution is 2.35. The van der Waals surface area contributed by atoms with E-state index < -0.39 is 31.4 Å². The number of amides is 1. The summed E-state index contributed by atoms with van der Waals surface area (Å²) < 4.78 is 48.3. The van der Waals surface area contributed by atoms with E-state index in [1.165, 1.54) is 17.3 Å². The van der Waals surface area contributed by atoms with Gasteiger partial charge in [-0.1, -0.05) is 19.6 Å². The van der Waals surface area contributed by atoms with E-state index in [1.54, 1.807) is 10.7 Å². The number of anilines is 1. The SMILES string of the molecule is C[Si](C)(C)CCOCn1nc(-c2ccnnc2)c(CO)c1N1CCC(Cc2cc(F)c(F)c(F)c2)C1=O. The van der Waals surface area contributed by atoms with Gasteiger partial charge in [-0.2, -0.15) is 15.3 Å². The van der Waals surface area contributed by atoms with Gasteiger partial charge in [0.1, 0.15) is 18.2 Å². The van der Waals surface area contributed by atoms with Crippen LogP contribution in [0.5, 0.6) is 0 Å². The minimum atomic E-state index is -1.54. The molecule has 1 fully saturated rings. The summed E-state index contributed by atoms with van der Waals surface area (Å²) in [5.74, 6) is -4.55. The van der Waals surface area contributed by atoms with Crippen molar-refractivity contribution in [1.82, 2.24) is 20.0 Å². The number of aliphatic hydroxyl groups excluding tert-OH is 1. The standard InChI is InChI=1S/C25H30F3N5O3Si/c1-37(2,3)9-8-36-15-33-24(19(14-34)23(31-33)18-4-6-29-30-13-18)32-7-5-17(25(32)35)10-16-11-20(26)22(28)21(27)12-16/h4,6,11-13,17,34H,5,7-10,14-15H2,1-3H3. The lowest BCUT2D eigenvalue weighted by Gasteiger charge is -2.21. The summed E-state index contributed by atoms with van der Waals surface area (Å²) in [5.41, 5.74) is 1.72. The topological polar surface area (TPSA) is 93.4 Å². The van der Waals surface area contributed by atoms with E-state index in [0.29, 0.717) is 42.2 Å². The molecule has 1 atom stereocenters. The first-order valence-corrected chi connectivity index (χ1v) is 15.8. The van der Waals surface area contributed by atoms with E-state index in [0.717, 1.165) is 18.2 Å². The molecule has 1 aliphatic rings. The van der Waals surface area contributed by atoms with Crippen molar-refractivity contribution in [3.63, 3.8) is 0 Å². The highest BCUT2D eigenvalue weighted by atomic mass is 28.3. The van der Waals surface area contributed by atoms with Crippen molar-refractivity contribution in [2.45, 2.75) is 51.9 Å². The number of hydrogen-bond acceptors (Lipinski definition) is 6. The van der Waals surface area contributed by atoms with Crippen LogP contribution >= 0.6 is 0 Å². The Balaban J connectivity index is 1.63. The second kappa shape index (κ2) is 11.1. The number of benzene rings is 1. The molecular formula is C25H30F3N5O3Si. The zero-order chi connectivity index (χ0) is 26.7. The Morgan fingerprint density at radius 3 is 2.51 bits per heavy atom. The van der Waals surface area contributed by atoms with E-state index in [4.69, 9.17) is 4.74 Å². The van der Waals surface area contributed by atoms with Crippen molar-refractivity contribution in [2.75, 3.05) is 18.1 Å². The number of carbonyl (C=O) groups is 1. The minimum Gasteiger partial charge on any atom is -0.391 e. The number of carbonyl (C=O) groups excluding carboxylic acids is 1. The number of aliphatic hydroxyl groups is 1. The molecule has 0 saturated carbocycles. The van der Waals surface area contributed by atoms with Gasteiger partial charge in [0.05, 0.1) is 19.0 Å². The number of rotatable bonds is 10. The van der Waals surface area contributed by atoms with Crippen LogP contribution in [-0.2, 0) is 29.3 Å². The van der Waals surface area contributed by atoms with Crippen LogP contribution in [-0.4, -0.2) is 52.2 Å². The highest BCUT2D eigenvalue weighted by molar-refractivity contribution is 6.76. The Morgan fingerprint density at radius 1 is 1.16 bits per heavy atom. The van der Waals surface area contributed by atoms with Gasteiger partial charge in [0.15, 0.2) is 17.5 Å². The fourth-order valence-electron chi connectivity index (χ4n) is 4.37. The number of hydrogen-bond donors (Lipinski definition) is 1. The molecule has 4 rings (SSSR count). The molecule has 198 valence electrons. The average Bonchev–Trinajstić information content (AvgIpc) is 3.39. The quantitative estimate of drug-likeness (QED) is 0.239. The molecule has 1 aliphatic heterocycles. The van der Waals surface area contributed by atoms with Crippen LogP contribution in [0.4, 0.5) is 19.0 Å². The van der Waals surface area contributed by atoms with Crippen molar-refractivity contribution in [2.24, 2.45) is 5.92 Å². The van der Waals surface area contributed by atoms with Crippen molar-refractivity contribution >= 4 is 19.8 Å². The first kappa shape index (κ1) is 27.0. The maximum absolute atomic E-state index is 13.7. The average molecular weight is 534 g/mol. The third-order valence-corrected chi connectivity index (χ3v) is 8.05. The Morgan fingerprint density at radius 2 is 1.89 bits per heavy atom. The largest absolute Gasteiger partial charge is 0.391 e. The third-order valence-electron chi connectivity index (χ3n) is 6.34. The molecule has 8 nitrogen and oxygen atoms in total. The van der Waals surface area contributed by atoms with Gasteiger partial charge in [-0.25, -0.2) is 17.9 Å². The fourth-order valence-corrected chi connectivity index (χ4v) is 5.13. The van der Waals surface area contributed by atoms with Gasteiger partial charge in [-0.05, 0) is 42.6 Å². The van der Waals surface area contributed by atoms with Gasteiger partial charge in [-0.3, -0.25) is 9.69 Å². The van der Waals surface area contributed by atoms with Gasteiger partial charge in [0.2, 0.25) is 5.91 Å². The first-order valence-electron chi connectivity index (χ1n) is 12.1. The van der Waals surface area contributed by atoms with E-state index in [-0.39, 0.29) is 31.2 Å². The maximum Gasteiger partial charge on any atom is 0.231 e. The summed E-state index contributed by atoms with van der Waals surface area (Å²) in [4.78, 5) is 15.0. The summed E-state index contributed by atoms with van der Waals surface area (Å²) >= 11 is 0. The van der Waals surface area contributed by atoms with Gasteiger partial charge in [-0.15, -0.1) is 0 Å². The number of nitrogens with zero attached hydrogens (tertiary/aromatic N) is 5. The molecule has 1 aromatic carbocycles. The van der Waals surface area contributed by atoms with Crippen LogP contribution in [0.2, 0.25) is 25.7 Å². The van der Waals surface area contributed by atoms with Crippen LogP contribution in [0.15, 0.2) is 30.6 Å². The molecule has 0 bridgehead atoms. The predicted molar refractivity (Wildman–Crippen MR) is 134 cm³/mol. The van der Waals surface area contributed by atoms with E-state index in [2.05, 4.69) is 34.9 Å². The lowest BCUT2D eigenvalue weighted by molar-refractivity contribution is -0.120. The van der Waals surface area contributed by atoms with E-state index >= 15 is 0 Å². The van der Waals surface area contributed by atoms with Crippen LogP contribution in [0.1, 0.15) is 17.5 Å². The monoisotopic (exact) mass is 533 g/mol. The van der Waals surface area contributed by atoms with Gasteiger partial charge in [0, 0.05) is 38.3 Å². The molecule has 3 heterocycles. The summed E-state index contributed by atoms with van der Waals surface area (Å²) in [6, 6.07) is 4.49. The summed E-state index contributed by atoms with van der Waals surface area (Å²) in [6.07, 6.45) is 3.50. The van der Waals surface area contributed by atoms with E-state index in [1.807, 2.05) is 0 Å². The van der Waals surface area contributed by atoms with Crippen LogP contribution in [0.3, 0.4) is 0 Å². The smallest absolute Gasteiger partial charge is 0.231 e. The van der Waals surface area contributed by atoms with Crippen molar-refractivity contribution in [3.8, 4) is 11.3 Å². The molecule has 1 amide bonds. The van der Waals surface area contributed by atoms with E-state index in [9.17, 15) is 23.1 Å². The molecule has 2 aromatic heterocycles. The minimum absolute atomic E-state index is 0.0554. The predicted octanol–water partition coefficient (Wildman–Crippen LogP) is 4.16. The first-order chi connectivity index (χ1) is 17.6. The molecule has 12 heteroatoms. The Kier molecular flexibility index (Phi) is 8.10. The Hall–Kier alpha value is -3.09. The molecule has 0 aliphatic carbocycles. The summed E-state index contributed by atoms with van der Waals surface area (Å²) in [5, 5.41) is 22.6. The molecule has 0 spiro atoms. The second-order valence-corrected chi connectivity index (χ2v) is 16.0. The lowest BCUT2D eigenvalue weighted by atomic mass is 9.98. The zero-order valence-corrected chi connectivity index (χ0v) is 22.0. The van der Waals surface area contributed by atoms with Gasteiger partial charge in [0.25, 0.3) is 0 Å². The Labute approximate surface area is 214 Å². The third kappa shape index (κ3) is 6.08. The number of aromatic nitrogens is 4. The second-order valence-electron chi connectivity index (χ2n) is 10.3. The molecule has 1 N–H and O–H groups in total. The number of ether oxygens (including phenoxy) is 1. The fraction of sp³-hybridized carbons (Fsp3) is 0.440. The van der Waals surface area contributed by atoms with Crippen LogP contribution in [0.25, 0.3) is 11.3 Å². The normalized spacial score (nSPS) is 16.1. The van der Waals surface area contributed by atoms with Crippen LogP contribution < -0.4 is 4.90 Å². The highest BCUT2D eigenvalue weighted by Gasteiger charge is 2.37. The Bertz CT molecular complexity index is 1240. The molecule has 0 radical (unpaired) electrons. The van der Waals surface area contributed by atoms with Crippen LogP contribution in [0, 0.1) is 23.4 Å². The summed E-state index contributed by atoms with van der Waals surface area (Å²) in [7, 11) is -1.32. The van der Waals surface area contributed by atoms with Crippen molar-refractivity contribution in [1.29, 1.82) is 0 Å². The molecular weight excluding hydrogens is 503 g/mol. The maximum atomic E-state index is 13.7. The molecule has 37 heavy (non-hydrogen) atoms. The zero-order valence-electron chi connectivity index (χ0n) is 21.0. The lowest BCUT2D eigenvalue weighted by Crippen LogP contribution is -2.31. The van der Waals surface area contributed by atoms with Crippen molar-refractivity contribution in [3.05, 3.63) is 59.2 Å². The van der Waals surface area contributed by atoms with Gasteiger partial charge >= 0.3 is 0 Å². The van der Waals surface area contributed by atoms with Gasteiger partial charge < -0.3 is 9.84 Å².